The fourth-order valence-corrected chi connectivity index (χ4v) is 3.26. The van der Waals surface area contributed by atoms with Crippen LogP contribution in [0.4, 0.5) is 11.5 Å². The standard InChI is InChI=1S/C24H30N6O2/c1-6-32-24-17(10-8-12-27-24)18-13-19(21(22(25)15(2)3)23(26-4)30-18)28-14-16-9-7-11-20(29-16)31-5/h7-13,15,25H,6,14H2,1-5H3,(H2,26,28,30). The Hall–Kier alpha value is -3.68. The smallest absolute Gasteiger partial charge is 0.222 e. The molecule has 8 heteroatoms. The van der Waals surface area contributed by atoms with Crippen molar-refractivity contribution in [1.82, 2.24) is 15.0 Å². The van der Waals surface area contributed by atoms with Crippen molar-refractivity contribution in [2.45, 2.75) is 27.3 Å². The molecule has 0 saturated heterocycles. The lowest BCUT2D eigenvalue weighted by molar-refractivity contribution is 0.328. The first-order valence-electron chi connectivity index (χ1n) is 10.6. The molecular weight excluding hydrogens is 404 g/mol. The van der Waals surface area contributed by atoms with Gasteiger partial charge in [0.05, 0.1) is 42.8 Å². The molecule has 0 spiro atoms. The van der Waals surface area contributed by atoms with E-state index in [1.54, 1.807) is 13.3 Å². The predicted molar refractivity (Wildman–Crippen MR) is 128 cm³/mol. The molecule has 0 aliphatic carbocycles. The summed E-state index contributed by atoms with van der Waals surface area (Å²) in [6.45, 7) is 6.89. The van der Waals surface area contributed by atoms with E-state index in [0.717, 1.165) is 22.5 Å². The Kier molecular flexibility index (Phi) is 7.59. The molecule has 0 amide bonds. The third-order valence-corrected chi connectivity index (χ3v) is 4.88. The molecular formula is C24H30N6O2. The van der Waals surface area contributed by atoms with Gasteiger partial charge in [-0.2, -0.15) is 0 Å². The summed E-state index contributed by atoms with van der Waals surface area (Å²) >= 11 is 0. The fraction of sp³-hybridized carbons (Fsp3) is 0.333. The van der Waals surface area contributed by atoms with E-state index in [0.29, 0.717) is 42.1 Å². The maximum absolute atomic E-state index is 8.71. The second-order valence-corrected chi connectivity index (χ2v) is 7.41. The van der Waals surface area contributed by atoms with Crippen LogP contribution in [0, 0.1) is 11.3 Å². The van der Waals surface area contributed by atoms with Crippen molar-refractivity contribution >= 4 is 17.2 Å². The van der Waals surface area contributed by atoms with Crippen molar-refractivity contribution in [3.05, 3.63) is 53.9 Å². The van der Waals surface area contributed by atoms with E-state index in [4.69, 9.17) is 19.9 Å². The normalized spacial score (nSPS) is 10.7. The lowest BCUT2D eigenvalue weighted by Crippen LogP contribution is -2.16. The molecule has 0 saturated carbocycles. The van der Waals surface area contributed by atoms with Crippen molar-refractivity contribution in [2.24, 2.45) is 5.92 Å². The Morgan fingerprint density at radius 1 is 1.16 bits per heavy atom. The highest BCUT2D eigenvalue weighted by atomic mass is 16.5. The number of hydrogen-bond donors (Lipinski definition) is 3. The molecule has 3 aromatic rings. The summed E-state index contributed by atoms with van der Waals surface area (Å²) in [4.78, 5) is 13.6. The third-order valence-electron chi connectivity index (χ3n) is 4.88. The molecule has 3 N–H and O–H groups in total. The van der Waals surface area contributed by atoms with Crippen LogP contribution < -0.4 is 20.1 Å². The van der Waals surface area contributed by atoms with Crippen LogP contribution in [0.3, 0.4) is 0 Å². The van der Waals surface area contributed by atoms with E-state index in [1.807, 2.05) is 64.2 Å². The van der Waals surface area contributed by atoms with Gasteiger partial charge in [0.2, 0.25) is 11.8 Å². The zero-order valence-corrected chi connectivity index (χ0v) is 19.2. The molecule has 0 unspecified atom stereocenters. The van der Waals surface area contributed by atoms with Crippen molar-refractivity contribution in [1.29, 1.82) is 5.41 Å². The summed E-state index contributed by atoms with van der Waals surface area (Å²) < 4.78 is 11.0. The largest absolute Gasteiger partial charge is 0.481 e. The van der Waals surface area contributed by atoms with Crippen LogP contribution in [0.2, 0.25) is 0 Å². The number of nitrogens with one attached hydrogen (secondary N) is 3. The molecule has 8 nitrogen and oxygen atoms in total. The average Bonchev–Trinajstić information content (AvgIpc) is 2.82. The second-order valence-electron chi connectivity index (χ2n) is 7.41. The minimum Gasteiger partial charge on any atom is -0.481 e. The van der Waals surface area contributed by atoms with Gasteiger partial charge in [0.1, 0.15) is 5.82 Å². The Balaban J connectivity index is 2.09. The molecule has 3 rings (SSSR count). The molecule has 0 bridgehead atoms. The zero-order chi connectivity index (χ0) is 23.1. The van der Waals surface area contributed by atoms with Gasteiger partial charge in [-0.25, -0.2) is 15.0 Å². The lowest BCUT2D eigenvalue weighted by Gasteiger charge is -2.20. The highest BCUT2D eigenvalue weighted by Crippen LogP contribution is 2.34. The van der Waals surface area contributed by atoms with Gasteiger partial charge in [0.25, 0.3) is 0 Å². The summed E-state index contributed by atoms with van der Waals surface area (Å²) in [5.41, 5.74) is 4.33. The first-order chi connectivity index (χ1) is 15.5. The Bertz CT molecular complexity index is 1080. The summed E-state index contributed by atoms with van der Waals surface area (Å²) in [5, 5.41) is 15.3. The van der Waals surface area contributed by atoms with Crippen LogP contribution in [0.15, 0.2) is 42.6 Å². The van der Waals surface area contributed by atoms with Crippen LogP contribution in [0.1, 0.15) is 32.0 Å². The summed E-state index contributed by atoms with van der Waals surface area (Å²) in [6, 6.07) is 11.4. The van der Waals surface area contributed by atoms with Gasteiger partial charge in [-0.3, -0.25) is 0 Å². The number of aromatic nitrogens is 3. The average molecular weight is 435 g/mol. The molecule has 0 atom stereocenters. The summed E-state index contributed by atoms with van der Waals surface area (Å²) in [5.74, 6) is 1.73. The van der Waals surface area contributed by atoms with Crippen LogP contribution in [-0.4, -0.2) is 41.4 Å². The maximum Gasteiger partial charge on any atom is 0.222 e. The number of nitrogens with zero attached hydrogens (tertiary/aromatic N) is 3. The monoisotopic (exact) mass is 434 g/mol. The quantitative estimate of drug-likeness (QED) is 0.400. The van der Waals surface area contributed by atoms with Crippen molar-refractivity contribution in [3.63, 3.8) is 0 Å². The van der Waals surface area contributed by atoms with Crippen molar-refractivity contribution < 1.29 is 9.47 Å². The van der Waals surface area contributed by atoms with E-state index < -0.39 is 0 Å². The van der Waals surface area contributed by atoms with E-state index >= 15 is 0 Å². The van der Waals surface area contributed by atoms with Crippen molar-refractivity contribution in [3.8, 4) is 23.0 Å². The summed E-state index contributed by atoms with van der Waals surface area (Å²) in [7, 11) is 3.41. The van der Waals surface area contributed by atoms with Crippen LogP contribution >= 0.6 is 0 Å². The minimum atomic E-state index is 0.0302. The maximum atomic E-state index is 8.71. The molecule has 32 heavy (non-hydrogen) atoms. The van der Waals surface area contributed by atoms with E-state index in [2.05, 4.69) is 20.6 Å². The SMILES string of the molecule is CCOc1ncccc1-c1cc(NCc2cccc(OC)n2)c(C(=N)C(C)C)c(NC)n1. The number of hydrogen-bond acceptors (Lipinski definition) is 8. The van der Waals surface area contributed by atoms with Gasteiger partial charge >= 0.3 is 0 Å². The molecule has 0 aliphatic rings. The first kappa shape index (κ1) is 23.0. The Labute approximate surface area is 189 Å². The van der Waals surface area contributed by atoms with Crippen molar-refractivity contribution in [2.75, 3.05) is 31.4 Å². The van der Waals surface area contributed by atoms with Gasteiger partial charge in [-0.05, 0) is 37.1 Å². The van der Waals surface area contributed by atoms with E-state index in [-0.39, 0.29) is 5.92 Å². The minimum absolute atomic E-state index is 0.0302. The van der Waals surface area contributed by atoms with Gasteiger partial charge in [0.15, 0.2) is 0 Å². The van der Waals surface area contributed by atoms with Crippen LogP contribution in [-0.2, 0) is 6.54 Å². The fourth-order valence-electron chi connectivity index (χ4n) is 3.26. The molecule has 0 aliphatic heterocycles. The van der Waals surface area contributed by atoms with Crippen LogP contribution in [0.5, 0.6) is 11.8 Å². The van der Waals surface area contributed by atoms with E-state index in [9.17, 15) is 0 Å². The first-order valence-corrected chi connectivity index (χ1v) is 10.6. The number of methoxy groups -OCH3 is 1. The highest BCUT2D eigenvalue weighted by Gasteiger charge is 2.20. The molecule has 0 fully saturated rings. The summed E-state index contributed by atoms with van der Waals surface area (Å²) in [6.07, 6.45) is 1.70. The van der Waals surface area contributed by atoms with Gasteiger partial charge < -0.3 is 25.5 Å². The number of pyridine rings is 3. The Morgan fingerprint density at radius 2 is 1.97 bits per heavy atom. The lowest BCUT2D eigenvalue weighted by atomic mass is 9.97. The molecule has 0 aromatic carbocycles. The van der Waals surface area contributed by atoms with Crippen LogP contribution in [0.25, 0.3) is 11.3 Å². The van der Waals surface area contributed by atoms with E-state index in [1.165, 1.54) is 0 Å². The Morgan fingerprint density at radius 3 is 2.66 bits per heavy atom. The number of rotatable bonds is 10. The molecule has 3 aromatic heterocycles. The van der Waals surface area contributed by atoms with Gasteiger partial charge in [0, 0.05) is 30.7 Å². The van der Waals surface area contributed by atoms with Gasteiger partial charge in [-0.15, -0.1) is 0 Å². The third kappa shape index (κ3) is 5.14. The molecule has 3 heterocycles. The molecule has 0 radical (unpaired) electrons. The molecule has 168 valence electrons. The second kappa shape index (κ2) is 10.6. The topological polar surface area (TPSA) is 105 Å². The zero-order valence-electron chi connectivity index (χ0n) is 19.2. The van der Waals surface area contributed by atoms with Gasteiger partial charge in [-0.1, -0.05) is 19.9 Å². The highest BCUT2D eigenvalue weighted by molar-refractivity contribution is 6.08. The number of ether oxygens (including phenoxy) is 2. The number of anilines is 2. The predicted octanol–water partition coefficient (Wildman–Crippen LogP) is 4.62.